The van der Waals surface area contributed by atoms with E-state index < -0.39 is 49.5 Å². The number of hydrogen-bond acceptors (Lipinski definition) is 8. The van der Waals surface area contributed by atoms with E-state index in [-0.39, 0.29) is 12.5 Å². The third-order valence-corrected chi connectivity index (χ3v) is 12.6. The van der Waals surface area contributed by atoms with Crippen LogP contribution in [0.1, 0.15) is 251 Å². The third kappa shape index (κ3) is 31.7. The Balaban J connectivity index is 2.27. The van der Waals surface area contributed by atoms with E-state index in [1.54, 1.807) is 6.08 Å². The fraction of sp³-hybridized carbons (Fsp3) is 0.941. The number of rotatable bonds is 44. The Morgan fingerprint density at radius 3 is 1.30 bits per heavy atom. The van der Waals surface area contributed by atoms with Crippen LogP contribution in [0, 0.1) is 0 Å². The minimum absolute atomic E-state index is 0.173. The largest absolute Gasteiger partial charge is 0.394 e. The molecule has 60 heavy (non-hydrogen) atoms. The average Bonchev–Trinajstić information content (AvgIpc) is 3.25. The number of amides is 1. The topological polar surface area (TPSA) is 149 Å². The first-order chi connectivity index (χ1) is 29.3. The van der Waals surface area contributed by atoms with Crippen molar-refractivity contribution in [2.75, 3.05) is 13.2 Å². The number of unbranched alkanes of at least 4 members (excludes halogenated alkanes) is 34. The average molecular weight is 854 g/mol. The van der Waals surface area contributed by atoms with Gasteiger partial charge in [0, 0.05) is 6.42 Å². The van der Waals surface area contributed by atoms with Crippen molar-refractivity contribution in [2.45, 2.75) is 294 Å². The fourth-order valence-corrected chi connectivity index (χ4v) is 8.45. The van der Waals surface area contributed by atoms with Gasteiger partial charge in [0.2, 0.25) is 5.91 Å². The van der Waals surface area contributed by atoms with Crippen molar-refractivity contribution in [1.29, 1.82) is 0 Å². The van der Waals surface area contributed by atoms with Crippen molar-refractivity contribution in [2.24, 2.45) is 0 Å². The summed E-state index contributed by atoms with van der Waals surface area (Å²) >= 11 is 0. The number of aliphatic hydroxyl groups is 5. The predicted molar refractivity (Wildman–Crippen MR) is 249 cm³/mol. The summed E-state index contributed by atoms with van der Waals surface area (Å²) in [6.07, 6.45) is 42.6. The molecule has 6 N–H and O–H groups in total. The maximum absolute atomic E-state index is 13.0. The predicted octanol–water partition coefficient (Wildman–Crippen LogP) is 11.7. The molecule has 0 spiro atoms. The molecule has 7 atom stereocenters. The van der Waals surface area contributed by atoms with Gasteiger partial charge < -0.3 is 40.3 Å². The van der Waals surface area contributed by atoms with E-state index in [2.05, 4.69) is 19.2 Å². The van der Waals surface area contributed by atoms with Crippen LogP contribution in [-0.4, -0.2) is 87.5 Å². The molecule has 0 bridgehead atoms. The van der Waals surface area contributed by atoms with Crippen LogP contribution in [0.3, 0.4) is 0 Å². The minimum Gasteiger partial charge on any atom is -0.394 e. The number of hydrogen-bond donors (Lipinski definition) is 6. The number of allylic oxidation sites excluding steroid dienone is 1. The number of ether oxygens (including phenoxy) is 2. The Morgan fingerprint density at radius 1 is 0.550 bits per heavy atom. The smallest absolute Gasteiger partial charge is 0.220 e. The van der Waals surface area contributed by atoms with Gasteiger partial charge in [-0.15, -0.1) is 0 Å². The first-order valence-electron chi connectivity index (χ1n) is 25.9. The highest BCUT2D eigenvalue weighted by Crippen LogP contribution is 2.23. The molecule has 1 rings (SSSR count). The molecule has 0 aliphatic carbocycles. The van der Waals surface area contributed by atoms with Crippen molar-refractivity contribution in [1.82, 2.24) is 5.32 Å². The molecule has 0 saturated carbocycles. The zero-order valence-corrected chi connectivity index (χ0v) is 39.2. The Kier molecular flexibility index (Phi) is 39.8. The van der Waals surface area contributed by atoms with Crippen molar-refractivity contribution in [3.8, 4) is 0 Å². The first-order valence-corrected chi connectivity index (χ1v) is 25.9. The summed E-state index contributed by atoms with van der Waals surface area (Å²) in [4.78, 5) is 13.0. The zero-order valence-electron chi connectivity index (χ0n) is 39.2. The monoisotopic (exact) mass is 854 g/mol. The molecule has 1 aliphatic heterocycles. The van der Waals surface area contributed by atoms with Crippen molar-refractivity contribution >= 4 is 5.91 Å². The molecule has 7 unspecified atom stereocenters. The summed E-state index contributed by atoms with van der Waals surface area (Å²) in [5, 5.41) is 54.3. The second-order valence-electron chi connectivity index (χ2n) is 18.3. The molecule has 356 valence electrons. The Labute approximate surface area is 369 Å². The Morgan fingerprint density at radius 2 is 0.917 bits per heavy atom. The van der Waals surface area contributed by atoms with E-state index in [0.29, 0.717) is 6.42 Å². The lowest BCUT2D eigenvalue weighted by Crippen LogP contribution is -2.60. The van der Waals surface area contributed by atoms with Gasteiger partial charge in [-0.3, -0.25) is 4.79 Å². The molecule has 1 amide bonds. The molecule has 1 fully saturated rings. The first kappa shape index (κ1) is 56.9. The second kappa shape index (κ2) is 41.9. The van der Waals surface area contributed by atoms with E-state index in [0.717, 1.165) is 38.5 Å². The summed E-state index contributed by atoms with van der Waals surface area (Å²) in [7, 11) is 0. The maximum Gasteiger partial charge on any atom is 0.220 e. The maximum atomic E-state index is 13.0. The molecule has 0 aromatic rings. The molecule has 0 radical (unpaired) electrons. The van der Waals surface area contributed by atoms with Crippen LogP contribution in [0.4, 0.5) is 0 Å². The van der Waals surface area contributed by atoms with E-state index in [9.17, 15) is 30.3 Å². The summed E-state index contributed by atoms with van der Waals surface area (Å²) in [6.45, 7) is 3.80. The lowest BCUT2D eigenvalue weighted by atomic mass is 9.99. The quantitative estimate of drug-likeness (QED) is 0.0262. The summed E-state index contributed by atoms with van der Waals surface area (Å²) in [5.74, 6) is -0.173. The molecule has 0 aromatic carbocycles. The van der Waals surface area contributed by atoms with Crippen LogP contribution < -0.4 is 5.32 Å². The van der Waals surface area contributed by atoms with Gasteiger partial charge in [-0.05, 0) is 19.3 Å². The van der Waals surface area contributed by atoms with Gasteiger partial charge >= 0.3 is 0 Å². The standard InChI is InChI=1S/C51H99NO8/c1-3-5-7-9-11-13-15-17-19-20-21-22-23-24-25-27-28-30-32-34-36-38-40-45(54)44(43-59-51-50(58)49(57)48(56)46(42-53)60-51)52-47(55)41-39-37-35-33-31-29-26-18-16-14-12-10-8-6-4-2/h38,40,44-46,48-51,53-54,56-58H,3-37,39,41-43H2,1-2H3,(H,52,55)/b40-38+. The lowest BCUT2D eigenvalue weighted by Gasteiger charge is -2.40. The zero-order chi connectivity index (χ0) is 43.7. The SMILES string of the molecule is CCCCCCCCCCCCCCCCCCCCCC/C=C/C(O)C(COC1OC(CO)C(O)C(O)C1O)NC(=O)CCCCCCCCCCCCCCCCC. The van der Waals surface area contributed by atoms with Crippen LogP contribution in [0.2, 0.25) is 0 Å². The number of nitrogens with one attached hydrogen (secondary N) is 1. The van der Waals surface area contributed by atoms with Crippen LogP contribution in [0.5, 0.6) is 0 Å². The van der Waals surface area contributed by atoms with Crippen LogP contribution >= 0.6 is 0 Å². The molecule has 9 nitrogen and oxygen atoms in total. The van der Waals surface area contributed by atoms with Gasteiger partial charge in [0.05, 0.1) is 25.4 Å². The van der Waals surface area contributed by atoms with E-state index in [4.69, 9.17) is 9.47 Å². The lowest BCUT2D eigenvalue weighted by molar-refractivity contribution is -0.302. The summed E-state index contributed by atoms with van der Waals surface area (Å²) in [6, 6.07) is -0.799. The molecule has 1 saturated heterocycles. The van der Waals surface area contributed by atoms with Gasteiger partial charge in [-0.2, -0.15) is 0 Å². The van der Waals surface area contributed by atoms with Gasteiger partial charge in [0.15, 0.2) is 6.29 Å². The molecule has 9 heteroatoms. The Bertz CT molecular complexity index is 950. The summed E-state index contributed by atoms with van der Waals surface area (Å²) in [5.41, 5.74) is 0. The third-order valence-electron chi connectivity index (χ3n) is 12.6. The number of aliphatic hydroxyl groups excluding tert-OH is 5. The van der Waals surface area contributed by atoms with Gasteiger partial charge in [0.25, 0.3) is 0 Å². The second-order valence-corrected chi connectivity index (χ2v) is 18.3. The van der Waals surface area contributed by atoms with Crippen LogP contribution in [-0.2, 0) is 14.3 Å². The van der Waals surface area contributed by atoms with Crippen molar-refractivity contribution < 1.29 is 39.8 Å². The molecule has 1 heterocycles. The molecular formula is C51H99NO8. The summed E-state index contributed by atoms with van der Waals surface area (Å²) < 4.78 is 11.2. The van der Waals surface area contributed by atoms with Crippen LogP contribution in [0.15, 0.2) is 12.2 Å². The number of carbonyl (C=O) groups excluding carboxylic acids is 1. The highest BCUT2D eigenvalue weighted by molar-refractivity contribution is 5.76. The van der Waals surface area contributed by atoms with Crippen molar-refractivity contribution in [3.63, 3.8) is 0 Å². The Hall–Kier alpha value is -1.07. The fourth-order valence-electron chi connectivity index (χ4n) is 8.45. The van der Waals surface area contributed by atoms with Gasteiger partial charge in [0.1, 0.15) is 24.4 Å². The van der Waals surface area contributed by atoms with Gasteiger partial charge in [-0.1, -0.05) is 238 Å². The van der Waals surface area contributed by atoms with E-state index >= 15 is 0 Å². The normalized spacial score (nSPS) is 20.6. The van der Waals surface area contributed by atoms with E-state index in [1.807, 2.05) is 6.08 Å². The van der Waals surface area contributed by atoms with Crippen molar-refractivity contribution in [3.05, 3.63) is 12.2 Å². The molecule has 0 aromatic heterocycles. The minimum atomic E-state index is -1.56. The molecule has 1 aliphatic rings. The van der Waals surface area contributed by atoms with E-state index in [1.165, 1.54) is 193 Å². The molecular weight excluding hydrogens is 755 g/mol. The highest BCUT2D eigenvalue weighted by Gasteiger charge is 2.44. The van der Waals surface area contributed by atoms with Gasteiger partial charge in [-0.25, -0.2) is 0 Å². The highest BCUT2D eigenvalue weighted by atomic mass is 16.7. The number of carbonyl (C=O) groups is 1. The van der Waals surface area contributed by atoms with Crippen LogP contribution in [0.25, 0.3) is 0 Å².